The standard InChI is InChI=1S/C9H10N4O2/c10-7(9(14)15)5-6-3-1-2-4-8(6)12-13-11/h1-4,7H,5,10H2,(H,14,15). The van der Waals surface area contributed by atoms with Crippen LogP contribution in [0, 0.1) is 0 Å². The van der Waals surface area contributed by atoms with Crippen molar-refractivity contribution in [2.75, 3.05) is 0 Å². The monoisotopic (exact) mass is 206 g/mol. The van der Waals surface area contributed by atoms with Gasteiger partial charge in [0.05, 0.1) is 0 Å². The van der Waals surface area contributed by atoms with Crippen LogP contribution in [0.3, 0.4) is 0 Å². The van der Waals surface area contributed by atoms with E-state index in [9.17, 15) is 4.79 Å². The molecule has 1 atom stereocenters. The van der Waals surface area contributed by atoms with Crippen LogP contribution in [0.1, 0.15) is 5.56 Å². The Bertz CT molecular complexity index is 412. The second-order valence-electron chi connectivity index (χ2n) is 2.97. The van der Waals surface area contributed by atoms with Crippen LogP contribution < -0.4 is 5.73 Å². The van der Waals surface area contributed by atoms with Crippen molar-refractivity contribution < 1.29 is 9.90 Å². The lowest BCUT2D eigenvalue weighted by Crippen LogP contribution is -2.32. The van der Waals surface area contributed by atoms with Gasteiger partial charge in [-0.05, 0) is 17.5 Å². The first-order valence-electron chi connectivity index (χ1n) is 4.26. The summed E-state index contributed by atoms with van der Waals surface area (Å²) in [6, 6.07) is 5.76. The molecule has 0 radical (unpaired) electrons. The van der Waals surface area contributed by atoms with Crippen molar-refractivity contribution >= 4 is 11.7 Å². The van der Waals surface area contributed by atoms with E-state index in [0.29, 0.717) is 11.3 Å². The van der Waals surface area contributed by atoms with Crippen LogP contribution in [-0.4, -0.2) is 17.1 Å². The van der Waals surface area contributed by atoms with E-state index in [1.54, 1.807) is 24.3 Å². The van der Waals surface area contributed by atoms with E-state index in [-0.39, 0.29) is 6.42 Å². The lowest BCUT2D eigenvalue weighted by Gasteiger charge is -2.08. The molecule has 0 heterocycles. The summed E-state index contributed by atoms with van der Waals surface area (Å²) in [6.07, 6.45) is 0.143. The lowest BCUT2D eigenvalue weighted by molar-refractivity contribution is -0.138. The zero-order valence-corrected chi connectivity index (χ0v) is 7.87. The highest BCUT2D eigenvalue weighted by molar-refractivity contribution is 5.74. The van der Waals surface area contributed by atoms with Crippen molar-refractivity contribution in [1.82, 2.24) is 0 Å². The van der Waals surface area contributed by atoms with Gasteiger partial charge in [0, 0.05) is 10.6 Å². The van der Waals surface area contributed by atoms with Crippen molar-refractivity contribution in [2.24, 2.45) is 10.8 Å². The summed E-state index contributed by atoms with van der Waals surface area (Å²) in [6.45, 7) is 0. The van der Waals surface area contributed by atoms with Gasteiger partial charge < -0.3 is 10.8 Å². The van der Waals surface area contributed by atoms with Crippen LogP contribution in [0.25, 0.3) is 10.4 Å². The zero-order valence-electron chi connectivity index (χ0n) is 7.87. The predicted molar refractivity (Wildman–Crippen MR) is 54.6 cm³/mol. The molecule has 1 unspecified atom stereocenters. The van der Waals surface area contributed by atoms with Gasteiger partial charge in [-0.2, -0.15) is 0 Å². The van der Waals surface area contributed by atoms with Crippen molar-refractivity contribution in [2.45, 2.75) is 12.5 Å². The number of carboxylic acid groups (broad SMARTS) is 1. The molecule has 0 bridgehead atoms. The van der Waals surface area contributed by atoms with E-state index < -0.39 is 12.0 Å². The molecule has 0 saturated carbocycles. The Morgan fingerprint density at radius 1 is 1.60 bits per heavy atom. The van der Waals surface area contributed by atoms with E-state index in [0.717, 1.165) is 0 Å². The molecular formula is C9H10N4O2. The number of carbonyl (C=O) groups is 1. The summed E-state index contributed by atoms with van der Waals surface area (Å²) in [5, 5.41) is 12.1. The van der Waals surface area contributed by atoms with Gasteiger partial charge in [-0.25, -0.2) is 0 Å². The Balaban J connectivity index is 2.93. The third kappa shape index (κ3) is 2.98. The molecule has 0 saturated heterocycles. The maximum Gasteiger partial charge on any atom is 0.320 e. The molecule has 0 aromatic heterocycles. The number of nitrogens with two attached hydrogens (primary N) is 1. The third-order valence-electron chi connectivity index (χ3n) is 1.90. The maximum absolute atomic E-state index is 10.5. The summed E-state index contributed by atoms with van der Waals surface area (Å²) in [7, 11) is 0. The normalized spacial score (nSPS) is 11.5. The molecule has 0 amide bonds. The van der Waals surface area contributed by atoms with E-state index in [1.165, 1.54) is 0 Å². The summed E-state index contributed by atoms with van der Waals surface area (Å²) in [5.41, 5.74) is 14.7. The number of azide groups is 1. The fraction of sp³-hybridized carbons (Fsp3) is 0.222. The van der Waals surface area contributed by atoms with Crippen LogP contribution in [0.15, 0.2) is 29.4 Å². The second kappa shape index (κ2) is 4.99. The van der Waals surface area contributed by atoms with E-state index in [2.05, 4.69) is 10.0 Å². The zero-order chi connectivity index (χ0) is 11.3. The van der Waals surface area contributed by atoms with Crippen LogP contribution in [-0.2, 0) is 11.2 Å². The van der Waals surface area contributed by atoms with Crippen LogP contribution in [0.4, 0.5) is 5.69 Å². The lowest BCUT2D eigenvalue weighted by atomic mass is 10.1. The fourth-order valence-corrected chi connectivity index (χ4v) is 1.15. The van der Waals surface area contributed by atoms with Gasteiger partial charge in [-0.15, -0.1) is 0 Å². The second-order valence-corrected chi connectivity index (χ2v) is 2.97. The number of carboxylic acids is 1. The minimum Gasteiger partial charge on any atom is -0.480 e. The first kappa shape index (κ1) is 11.0. The SMILES string of the molecule is [N-]=[N+]=Nc1ccccc1CC(N)C(=O)O. The molecule has 3 N–H and O–H groups in total. The smallest absolute Gasteiger partial charge is 0.320 e. The Labute approximate surface area is 86.0 Å². The molecule has 0 aliphatic heterocycles. The Morgan fingerprint density at radius 3 is 2.87 bits per heavy atom. The van der Waals surface area contributed by atoms with Gasteiger partial charge in [0.1, 0.15) is 6.04 Å². The van der Waals surface area contributed by atoms with E-state index in [4.69, 9.17) is 16.4 Å². The van der Waals surface area contributed by atoms with Gasteiger partial charge in [0.15, 0.2) is 0 Å². The topological polar surface area (TPSA) is 112 Å². The van der Waals surface area contributed by atoms with Crippen molar-refractivity contribution in [1.29, 1.82) is 0 Å². The predicted octanol–water partition coefficient (Wildman–Crippen LogP) is 1.58. The summed E-state index contributed by atoms with van der Waals surface area (Å²) in [4.78, 5) is 13.2. The van der Waals surface area contributed by atoms with Gasteiger partial charge in [0.2, 0.25) is 0 Å². The molecule has 0 fully saturated rings. The Kier molecular flexibility index (Phi) is 3.68. The van der Waals surface area contributed by atoms with Gasteiger partial charge in [-0.1, -0.05) is 29.4 Å². The maximum atomic E-state index is 10.5. The quantitative estimate of drug-likeness (QED) is 0.443. The van der Waals surface area contributed by atoms with E-state index >= 15 is 0 Å². The van der Waals surface area contributed by atoms with E-state index in [1.807, 2.05) is 0 Å². The molecule has 1 rings (SSSR count). The van der Waals surface area contributed by atoms with Gasteiger partial charge in [0.25, 0.3) is 0 Å². The highest BCUT2D eigenvalue weighted by atomic mass is 16.4. The molecule has 6 nitrogen and oxygen atoms in total. The number of hydrogen-bond acceptors (Lipinski definition) is 3. The highest BCUT2D eigenvalue weighted by Crippen LogP contribution is 2.19. The molecule has 1 aromatic rings. The van der Waals surface area contributed by atoms with Crippen LogP contribution in [0.5, 0.6) is 0 Å². The summed E-state index contributed by atoms with van der Waals surface area (Å²) < 4.78 is 0. The fourth-order valence-electron chi connectivity index (χ4n) is 1.15. The highest BCUT2D eigenvalue weighted by Gasteiger charge is 2.13. The summed E-state index contributed by atoms with van der Waals surface area (Å²) in [5.74, 6) is -1.08. The Morgan fingerprint density at radius 2 is 2.27 bits per heavy atom. The number of nitrogens with zero attached hydrogens (tertiary/aromatic N) is 3. The molecule has 1 aromatic carbocycles. The Hall–Kier alpha value is -2.04. The molecular weight excluding hydrogens is 196 g/mol. The molecule has 0 spiro atoms. The number of benzene rings is 1. The average Bonchev–Trinajstić information content (AvgIpc) is 2.21. The number of rotatable bonds is 4. The van der Waals surface area contributed by atoms with Gasteiger partial charge in [-0.3, -0.25) is 4.79 Å². The molecule has 0 aliphatic rings. The number of hydrogen-bond donors (Lipinski definition) is 2. The van der Waals surface area contributed by atoms with Crippen molar-refractivity contribution in [3.05, 3.63) is 40.3 Å². The largest absolute Gasteiger partial charge is 0.480 e. The van der Waals surface area contributed by atoms with Crippen molar-refractivity contribution in [3.63, 3.8) is 0 Å². The summed E-state index contributed by atoms with van der Waals surface area (Å²) >= 11 is 0. The molecule has 6 heteroatoms. The van der Waals surface area contributed by atoms with Gasteiger partial charge >= 0.3 is 5.97 Å². The molecule has 15 heavy (non-hydrogen) atoms. The molecule has 78 valence electrons. The third-order valence-corrected chi connectivity index (χ3v) is 1.90. The average molecular weight is 206 g/mol. The van der Waals surface area contributed by atoms with Crippen molar-refractivity contribution in [3.8, 4) is 0 Å². The van der Waals surface area contributed by atoms with Crippen LogP contribution >= 0.6 is 0 Å². The molecule has 0 aliphatic carbocycles. The first-order chi connectivity index (χ1) is 7.15. The first-order valence-corrected chi connectivity index (χ1v) is 4.26. The number of aliphatic carboxylic acids is 1. The van der Waals surface area contributed by atoms with Crippen LogP contribution in [0.2, 0.25) is 0 Å². The minimum absolute atomic E-state index is 0.143. The minimum atomic E-state index is -1.08.